The van der Waals surface area contributed by atoms with E-state index in [4.69, 9.17) is 16.3 Å². The third-order valence-corrected chi connectivity index (χ3v) is 2.40. The first kappa shape index (κ1) is 11.3. The Morgan fingerprint density at radius 3 is 2.57 bits per heavy atom. The maximum absolute atomic E-state index is 13.2. The van der Waals surface area contributed by atoms with Crippen LogP contribution < -0.4 is 4.74 Å². The zero-order valence-electron chi connectivity index (χ0n) is 8.27. The molecule has 0 aliphatic carbocycles. The molecule has 0 amide bonds. The summed E-state index contributed by atoms with van der Waals surface area (Å²) in [6.45, 7) is 3.22. The lowest BCUT2D eigenvalue weighted by Crippen LogP contribution is -2.01. The van der Waals surface area contributed by atoms with Crippen LogP contribution in [0.5, 0.6) is 5.75 Å². The van der Waals surface area contributed by atoms with Gasteiger partial charge in [0, 0.05) is 5.56 Å². The van der Waals surface area contributed by atoms with Crippen LogP contribution in [0.15, 0.2) is 6.07 Å². The highest BCUT2D eigenvalue weighted by Crippen LogP contribution is 2.36. The Kier molecular flexibility index (Phi) is 3.34. The molecule has 0 fully saturated rings. The Labute approximate surface area is 87.3 Å². The van der Waals surface area contributed by atoms with Gasteiger partial charge in [-0.1, -0.05) is 11.6 Å². The number of halogens is 2. The smallest absolute Gasteiger partial charge is 0.142 e. The third-order valence-electron chi connectivity index (χ3n) is 2.01. The summed E-state index contributed by atoms with van der Waals surface area (Å²) in [4.78, 5) is 0. The second-order valence-electron chi connectivity index (χ2n) is 3.11. The molecule has 0 aliphatic rings. The molecule has 1 unspecified atom stereocenters. The highest BCUT2D eigenvalue weighted by atomic mass is 35.5. The van der Waals surface area contributed by atoms with E-state index in [1.807, 2.05) is 0 Å². The summed E-state index contributed by atoms with van der Waals surface area (Å²) in [6.07, 6.45) is -0.855. The number of ether oxygens (including phenoxy) is 1. The Hall–Kier alpha value is -0.800. The lowest BCUT2D eigenvalue weighted by molar-refractivity contribution is 0.193. The second-order valence-corrected chi connectivity index (χ2v) is 3.49. The highest BCUT2D eigenvalue weighted by molar-refractivity contribution is 6.31. The minimum Gasteiger partial charge on any atom is -0.496 e. The van der Waals surface area contributed by atoms with Crippen molar-refractivity contribution >= 4 is 11.6 Å². The van der Waals surface area contributed by atoms with Crippen LogP contribution in [0.1, 0.15) is 24.2 Å². The van der Waals surface area contributed by atoms with E-state index < -0.39 is 11.9 Å². The van der Waals surface area contributed by atoms with Gasteiger partial charge in [-0.25, -0.2) is 4.39 Å². The molecular formula is C10H12ClFO2. The molecule has 14 heavy (non-hydrogen) atoms. The Bertz CT molecular complexity index is 350. The maximum Gasteiger partial charge on any atom is 0.142 e. The Morgan fingerprint density at radius 2 is 2.14 bits per heavy atom. The van der Waals surface area contributed by atoms with Crippen LogP contribution in [0.25, 0.3) is 0 Å². The van der Waals surface area contributed by atoms with Gasteiger partial charge in [-0.05, 0) is 25.5 Å². The molecule has 1 N–H and O–H groups in total. The fourth-order valence-corrected chi connectivity index (χ4v) is 1.70. The van der Waals surface area contributed by atoms with Crippen LogP contribution in [-0.2, 0) is 0 Å². The molecular weight excluding hydrogens is 207 g/mol. The molecule has 0 aliphatic heterocycles. The predicted octanol–water partition coefficient (Wildman–Crippen LogP) is 2.85. The zero-order valence-corrected chi connectivity index (χ0v) is 9.02. The monoisotopic (exact) mass is 218 g/mol. The summed E-state index contributed by atoms with van der Waals surface area (Å²) in [7, 11) is 1.46. The molecule has 0 radical (unpaired) electrons. The summed E-state index contributed by atoms with van der Waals surface area (Å²) in [5, 5.41) is 9.35. The van der Waals surface area contributed by atoms with Crippen LogP contribution in [0.4, 0.5) is 4.39 Å². The number of hydrogen-bond acceptors (Lipinski definition) is 2. The quantitative estimate of drug-likeness (QED) is 0.827. The van der Waals surface area contributed by atoms with Crippen molar-refractivity contribution in [1.29, 1.82) is 0 Å². The average molecular weight is 219 g/mol. The van der Waals surface area contributed by atoms with Gasteiger partial charge >= 0.3 is 0 Å². The lowest BCUT2D eigenvalue weighted by Gasteiger charge is -2.15. The minimum absolute atomic E-state index is 0.0811. The molecule has 0 spiro atoms. The number of hydrogen-bond donors (Lipinski definition) is 1. The largest absolute Gasteiger partial charge is 0.496 e. The summed E-state index contributed by atoms with van der Waals surface area (Å²) in [5.41, 5.74) is 0.914. The van der Waals surface area contributed by atoms with E-state index in [1.54, 1.807) is 6.92 Å². The van der Waals surface area contributed by atoms with Gasteiger partial charge in [0.15, 0.2) is 0 Å². The number of aliphatic hydroxyl groups excluding tert-OH is 1. The predicted molar refractivity (Wildman–Crippen MR) is 53.3 cm³/mol. The fraction of sp³-hybridized carbons (Fsp3) is 0.400. The van der Waals surface area contributed by atoms with E-state index in [1.165, 1.54) is 20.1 Å². The first-order valence-corrected chi connectivity index (χ1v) is 4.57. The maximum atomic E-state index is 13.2. The minimum atomic E-state index is -0.855. The van der Waals surface area contributed by atoms with E-state index in [-0.39, 0.29) is 5.02 Å². The Morgan fingerprint density at radius 1 is 1.57 bits per heavy atom. The molecule has 0 aromatic heterocycles. The number of aliphatic hydroxyl groups is 1. The molecule has 1 aromatic rings. The molecule has 0 heterocycles. The van der Waals surface area contributed by atoms with Gasteiger partial charge in [0.1, 0.15) is 11.6 Å². The van der Waals surface area contributed by atoms with Gasteiger partial charge in [-0.3, -0.25) is 0 Å². The van der Waals surface area contributed by atoms with Crippen LogP contribution in [0.2, 0.25) is 5.02 Å². The molecule has 78 valence electrons. The summed E-state index contributed by atoms with van der Waals surface area (Å²) >= 11 is 5.73. The van der Waals surface area contributed by atoms with Crippen molar-refractivity contribution < 1.29 is 14.2 Å². The van der Waals surface area contributed by atoms with Crippen molar-refractivity contribution in [2.24, 2.45) is 0 Å². The number of rotatable bonds is 2. The summed E-state index contributed by atoms with van der Waals surface area (Å²) < 4.78 is 18.3. The van der Waals surface area contributed by atoms with E-state index >= 15 is 0 Å². The third kappa shape index (κ3) is 1.83. The molecule has 1 aromatic carbocycles. The molecule has 4 heteroatoms. The van der Waals surface area contributed by atoms with Gasteiger partial charge in [0.25, 0.3) is 0 Å². The van der Waals surface area contributed by atoms with Gasteiger partial charge in [-0.15, -0.1) is 0 Å². The number of aryl methyl sites for hydroxylation is 1. The lowest BCUT2D eigenvalue weighted by atomic mass is 10.1. The van der Waals surface area contributed by atoms with Crippen molar-refractivity contribution in [1.82, 2.24) is 0 Å². The number of benzene rings is 1. The summed E-state index contributed by atoms with van der Waals surface area (Å²) in [6, 6.07) is 1.28. The average Bonchev–Trinajstić information content (AvgIpc) is 2.10. The van der Waals surface area contributed by atoms with Crippen LogP contribution >= 0.6 is 11.6 Å². The van der Waals surface area contributed by atoms with Crippen molar-refractivity contribution in [3.8, 4) is 5.75 Å². The van der Waals surface area contributed by atoms with Gasteiger partial charge in [0.05, 0.1) is 18.2 Å². The van der Waals surface area contributed by atoms with Gasteiger partial charge < -0.3 is 9.84 Å². The van der Waals surface area contributed by atoms with Crippen molar-refractivity contribution in [2.75, 3.05) is 7.11 Å². The molecule has 0 saturated carbocycles. The van der Waals surface area contributed by atoms with E-state index in [0.29, 0.717) is 16.9 Å². The van der Waals surface area contributed by atoms with Crippen molar-refractivity contribution in [3.05, 3.63) is 28.0 Å². The van der Waals surface area contributed by atoms with Crippen molar-refractivity contribution in [2.45, 2.75) is 20.0 Å². The first-order chi connectivity index (χ1) is 6.49. The SMILES string of the molecule is COc1c(C)cc(F)c(Cl)c1C(C)O. The van der Waals surface area contributed by atoms with E-state index in [9.17, 15) is 9.50 Å². The fourth-order valence-electron chi connectivity index (χ4n) is 1.40. The van der Waals surface area contributed by atoms with Gasteiger partial charge in [-0.2, -0.15) is 0 Å². The standard InChI is InChI=1S/C10H12ClFO2/c1-5-4-7(12)9(11)8(6(2)13)10(5)14-3/h4,6,13H,1-3H3. The normalized spacial score (nSPS) is 12.7. The van der Waals surface area contributed by atoms with Crippen LogP contribution in [0.3, 0.4) is 0 Å². The molecule has 1 rings (SSSR count). The first-order valence-electron chi connectivity index (χ1n) is 4.19. The van der Waals surface area contributed by atoms with Crippen molar-refractivity contribution in [3.63, 3.8) is 0 Å². The molecule has 1 atom stereocenters. The van der Waals surface area contributed by atoms with Gasteiger partial charge in [0.2, 0.25) is 0 Å². The molecule has 0 bridgehead atoms. The highest BCUT2D eigenvalue weighted by Gasteiger charge is 2.19. The topological polar surface area (TPSA) is 29.5 Å². The molecule has 0 saturated heterocycles. The second kappa shape index (κ2) is 4.15. The number of methoxy groups -OCH3 is 1. The Balaban J connectivity index is 3.48. The van der Waals surface area contributed by atoms with E-state index in [2.05, 4.69) is 0 Å². The van der Waals surface area contributed by atoms with E-state index in [0.717, 1.165) is 0 Å². The summed E-state index contributed by atoms with van der Waals surface area (Å²) in [5.74, 6) is -0.104. The van der Waals surface area contributed by atoms with Crippen LogP contribution in [-0.4, -0.2) is 12.2 Å². The zero-order chi connectivity index (χ0) is 10.9. The molecule has 2 nitrogen and oxygen atoms in total. The van der Waals surface area contributed by atoms with Crippen LogP contribution in [0, 0.1) is 12.7 Å².